The number of rotatable bonds is 6. The quantitative estimate of drug-likeness (QED) is 0.829. The second-order valence-corrected chi connectivity index (χ2v) is 6.00. The molecule has 110 valence electrons. The SMILES string of the molecule is O=C(CCn1ccnn1)NC1CCN(CC2CC2)CC1. The molecule has 0 radical (unpaired) electrons. The second-order valence-electron chi connectivity index (χ2n) is 6.00. The molecule has 1 aromatic heterocycles. The van der Waals surface area contributed by atoms with Crippen LogP contribution in [0.1, 0.15) is 32.1 Å². The van der Waals surface area contributed by atoms with E-state index in [0.29, 0.717) is 19.0 Å². The lowest BCUT2D eigenvalue weighted by Gasteiger charge is -2.32. The van der Waals surface area contributed by atoms with E-state index in [2.05, 4.69) is 20.5 Å². The first-order chi connectivity index (χ1) is 9.79. The van der Waals surface area contributed by atoms with Crippen molar-refractivity contribution in [3.8, 4) is 0 Å². The highest BCUT2D eigenvalue weighted by Gasteiger charge is 2.27. The zero-order valence-electron chi connectivity index (χ0n) is 11.9. The minimum Gasteiger partial charge on any atom is -0.353 e. The molecule has 1 N–H and O–H groups in total. The largest absolute Gasteiger partial charge is 0.353 e. The molecule has 0 aromatic carbocycles. The van der Waals surface area contributed by atoms with Gasteiger partial charge in [0.15, 0.2) is 0 Å². The summed E-state index contributed by atoms with van der Waals surface area (Å²) in [7, 11) is 0. The summed E-state index contributed by atoms with van der Waals surface area (Å²) in [6, 6.07) is 0.355. The van der Waals surface area contributed by atoms with Crippen LogP contribution in [0, 0.1) is 5.92 Å². The third-order valence-corrected chi connectivity index (χ3v) is 4.21. The van der Waals surface area contributed by atoms with Gasteiger partial charge >= 0.3 is 0 Å². The van der Waals surface area contributed by atoms with E-state index in [1.807, 2.05) is 0 Å². The minimum absolute atomic E-state index is 0.126. The molecule has 1 aliphatic carbocycles. The van der Waals surface area contributed by atoms with Crippen LogP contribution in [0.4, 0.5) is 0 Å². The number of nitrogens with one attached hydrogen (secondary N) is 1. The molecule has 0 unspecified atom stereocenters. The monoisotopic (exact) mass is 277 g/mol. The zero-order chi connectivity index (χ0) is 13.8. The van der Waals surface area contributed by atoms with Crippen LogP contribution in [-0.2, 0) is 11.3 Å². The summed E-state index contributed by atoms with van der Waals surface area (Å²) in [5, 5.41) is 10.7. The molecule has 2 aliphatic rings. The summed E-state index contributed by atoms with van der Waals surface area (Å²) in [5.74, 6) is 1.09. The number of carbonyl (C=O) groups is 1. The molecule has 1 amide bonds. The van der Waals surface area contributed by atoms with Gasteiger partial charge in [0.2, 0.25) is 5.91 Å². The Morgan fingerprint density at radius 2 is 2.05 bits per heavy atom. The first-order valence-corrected chi connectivity index (χ1v) is 7.65. The van der Waals surface area contributed by atoms with Crippen molar-refractivity contribution in [2.45, 2.75) is 44.7 Å². The second kappa shape index (κ2) is 6.35. The Labute approximate surface area is 119 Å². The van der Waals surface area contributed by atoms with Crippen molar-refractivity contribution >= 4 is 5.91 Å². The van der Waals surface area contributed by atoms with E-state index >= 15 is 0 Å². The van der Waals surface area contributed by atoms with Crippen molar-refractivity contribution in [1.82, 2.24) is 25.2 Å². The highest BCUT2D eigenvalue weighted by Crippen LogP contribution is 2.30. The van der Waals surface area contributed by atoms with E-state index in [1.165, 1.54) is 19.4 Å². The lowest BCUT2D eigenvalue weighted by molar-refractivity contribution is -0.122. The number of likely N-dealkylation sites (tertiary alicyclic amines) is 1. The molecule has 0 spiro atoms. The standard InChI is InChI=1S/C14H23N5O/c20-14(5-9-19-10-6-15-17-19)16-13-3-7-18(8-4-13)11-12-1-2-12/h6,10,12-13H,1-5,7-9,11H2,(H,16,20). The summed E-state index contributed by atoms with van der Waals surface area (Å²) in [6.45, 7) is 4.13. The predicted octanol–water partition coefficient (Wildman–Crippen LogP) is 0.659. The zero-order valence-corrected chi connectivity index (χ0v) is 11.9. The molecule has 0 bridgehead atoms. The average Bonchev–Trinajstić information content (AvgIpc) is 3.11. The third-order valence-electron chi connectivity index (χ3n) is 4.21. The Balaban J connectivity index is 1.32. The fourth-order valence-corrected chi connectivity index (χ4v) is 2.79. The number of aromatic nitrogens is 3. The smallest absolute Gasteiger partial charge is 0.222 e. The van der Waals surface area contributed by atoms with Gasteiger partial charge in [-0.25, -0.2) is 0 Å². The topological polar surface area (TPSA) is 63.1 Å². The highest BCUT2D eigenvalue weighted by atomic mass is 16.1. The van der Waals surface area contributed by atoms with Gasteiger partial charge in [0, 0.05) is 38.3 Å². The van der Waals surface area contributed by atoms with Gasteiger partial charge in [0.1, 0.15) is 0 Å². The molecule has 3 rings (SSSR count). The fourth-order valence-electron chi connectivity index (χ4n) is 2.79. The molecule has 6 nitrogen and oxygen atoms in total. The van der Waals surface area contributed by atoms with Gasteiger partial charge in [-0.2, -0.15) is 0 Å². The van der Waals surface area contributed by atoms with E-state index in [0.717, 1.165) is 31.8 Å². The molecule has 1 saturated heterocycles. The summed E-state index contributed by atoms with van der Waals surface area (Å²) in [6.07, 6.45) is 8.89. The number of nitrogens with zero attached hydrogens (tertiary/aromatic N) is 4. The van der Waals surface area contributed by atoms with Crippen LogP contribution < -0.4 is 5.32 Å². The van der Waals surface area contributed by atoms with Crippen molar-refractivity contribution < 1.29 is 4.79 Å². The third kappa shape index (κ3) is 4.03. The molecule has 2 heterocycles. The Kier molecular flexibility index (Phi) is 4.30. The van der Waals surface area contributed by atoms with Gasteiger partial charge in [-0.1, -0.05) is 5.21 Å². The maximum absolute atomic E-state index is 11.9. The number of piperidine rings is 1. The predicted molar refractivity (Wildman–Crippen MR) is 75.0 cm³/mol. The normalized spacial score (nSPS) is 21.0. The molecule has 0 atom stereocenters. The van der Waals surface area contributed by atoms with Crippen molar-refractivity contribution in [2.75, 3.05) is 19.6 Å². The van der Waals surface area contributed by atoms with Crippen LogP contribution in [0.15, 0.2) is 12.4 Å². The Morgan fingerprint density at radius 1 is 1.25 bits per heavy atom. The molecule has 2 fully saturated rings. The number of hydrogen-bond acceptors (Lipinski definition) is 4. The van der Waals surface area contributed by atoms with E-state index < -0.39 is 0 Å². The summed E-state index contributed by atoms with van der Waals surface area (Å²) in [5.41, 5.74) is 0. The van der Waals surface area contributed by atoms with Crippen molar-refractivity contribution in [3.05, 3.63) is 12.4 Å². The van der Waals surface area contributed by atoms with E-state index in [1.54, 1.807) is 17.1 Å². The van der Waals surface area contributed by atoms with Crippen LogP contribution in [0.5, 0.6) is 0 Å². The Hall–Kier alpha value is -1.43. The Bertz CT molecular complexity index is 421. The Morgan fingerprint density at radius 3 is 2.70 bits per heavy atom. The minimum atomic E-state index is 0.126. The fraction of sp³-hybridized carbons (Fsp3) is 0.786. The molecule has 1 aromatic rings. The lowest BCUT2D eigenvalue weighted by atomic mass is 10.0. The molecule has 1 aliphatic heterocycles. The van der Waals surface area contributed by atoms with E-state index in [-0.39, 0.29) is 5.91 Å². The number of amides is 1. The van der Waals surface area contributed by atoms with Gasteiger partial charge in [-0.15, -0.1) is 5.10 Å². The first-order valence-electron chi connectivity index (χ1n) is 7.65. The molecule has 1 saturated carbocycles. The summed E-state index contributed by atoms with van der Waals surface area (Å²) < 4.78 is 1.69. The molecular formula is C14H23N5O. The summed E-state index contributed by atoms with van der Waals surface area (Å²) >= 11 is 0. The van der Waals surface area contributed by atoms with Crippen LogP contribution >= 0.6 is 0 Å². The van der Waals surface area contributed by atoms with Crippen molar-refractivity contribution in [1.29, 1.82) is 0 Å². The van der Waals surface area contributed by atoms with Crippen LogP contribution in [0.3, 0.4) is 0 Å². The van der Waals surface area contributed by atoms with Crippen molar-refractivity contribution in [2.24, 2.45) is 5.92 Å². The van der Waals surface area contributed by atoms with Crippen molar-refractivity contribution in [3.63, 3.8) is 0 Å². The number of aryl methyl sites for hydroxylation is 1. The van der Waals surface area contributed by atoms with Crippen LogP contribution in [0.25, 0.3) is 0 Å². The average molecular weight is 277 g/mol. The van der Waals surface area contributed by atoms with E-state index in [4.69, 9.17) is 0 Å². The number of carbonyl (C=O) groups excluding carboxylic acids is 1. The lowest BCUT2D eigenvalue weighted by Crippen LogP contribution is -2.45. The molecule has 20 heavy (non-hydrogen) atoms. The van der Waals surface area contributed by atoms with Crippen LogP contribution in [-0.4, -0.2) is 51.5 Å². The van der Waals surface area contributed by atoms with Gasteiger partial charge < -0.3 is 10.2 Å². The molecular weight excluding hydrogens is 254 g/mol. The summed E-state index contributed by atoms with van der Waals surface area (Å²) in [4.78, 5) is 14.4. The first kappa shape index (κ1) is 13.5. The van der Waals surface area contributed by atoms with Crippen LogP contribution in [0.2, 0.25) is 0 Å². The van der Waals surface area contributed by atoms with Gasteiger partial charge in [0.05, 0.1) is 12.7 Å². The van der Waals surface area contributed by atoms with Gasteiger partial charge in [-0.05, 0) is 31.6 Å². The molecule has 6 heteroatoms. The van der Waals surface area contributed by atoms with Gasteiger partial charge in [-0.3, -0.25) is 9.48 Å². The number of hydrogen-bond donors (Lipinski definition) is 1. The highest BCUT2D eigenvalue weighted by molar-refractivity contribution is 5.76. The van der Waals surface area contributed by atoms with Gasteiger partial charge in [0.25, 0.3) is 0 Å². The van der Waals surface area contributed by atoms with E-state index in [9.17, 15) is 4.79 Å². The maximum Gasteiger partial charge on any atom is 0.222 e. The maximum atomic E-state index is 11.9.